The van der Waals surface area contributed by atoms with Crippen LogP contribution in [0.25, 0.3) is 0 Å². The molecule has 3 heterocycles. The van der Waals surface area contributed by atoms with E-state index in [9.17, 15) is 4.79 Å². The number of aryl methyl sites for hydroxylation is 1. The van der Waals surface area contributed by atoms with Gasteiger partial charge in [0.15, 0.2) is 0 Å². The van der Waals surface area contributed by atoms with Crippen LogP contribution in [-0.2, 0) is 0 Å². The lowest BCUT2D eigenvalue weighted by Gasteiger charge is -2.29. The molecule has 2 N–H and O–H groups in total. The predicted octanol–water partition coefficient (Wildman–Crippen LogP) is 1.42. The van der Waals surface area contributed by atoms with Crippen molar-refractivity contribution in [3.8, 4) is 0 Å². The van der Waals surface area contributed by atoms with Gasteiger partial charge in [0.25, 0.3) is 5.91 Å². The minimum atomic E-state index is -0.142. The summed E-state index contributed by atoms with van der Waals surface area (Å²) in [6, 6.07) is 3.10. The molecule has 3 rings (SSSR count). The van der Waals surface area contributed by atoms with E-state index in [2.05, 4.69) is 15.8 Å². The number of piperidine rings is 1. The van der Waals surface area contributed by atoms with E-state index in [4.69, 9.17) is 4.52 Å². The first-order chi connectivity index (χ1) is 8.20. The quantitative estimate of drug-likeness (QED) is 0.854. The first kappa shape index (κ1) is 13.4. The van der Waals surface area contributed by atoms with Gasteiger partial charge in [-0.15, -0.1) is 12.4 Å². The zero-order chi connectivity index (χ0) is 11.8. The molecule has 0 radical (unpaired) electrons. The van der Waals surface area contributed by atoms with Crippen molar-refractivity contribution in [2.45, 2.75) is 50.7 Å². The lowest BCUT2D eigenvalue weighted by atomic mass is 10.00. The summed E-state index contributed by atoms with van der Waals surface area (Å²) in [5.41, 5.74) is 0.737. The van der Waals surface area contributed by atoms with Gasteiger partial charge in [-0.1, -0.05) is 5.16 Å². The van der Waals surface area contributed by atoms with Crippen molar-refractivity contribution in [2.24, 2.45) is 0 Å². The first-order valence-electron chi connectivity index (χ1n) is 6.21. The third kappa shape index (κ3) is 2.67. The van der Waals surface area contributed by atoms with Crippen molar-refractivity contribution in [1.29, 1.82) is 0 Å². The van der Waals surface area contributed by atoms with Crippen LogP contribution < -0.4 is 10.6 Å². The van der Waals surface area contributed by atoms with E-state index in [1.54, 1.807) is 6.07 Å². The van der Waals surface area contributed by atoms with E-state index >= 15 is 0 Å². The molecule has 2 bridgehead atoms. The Bertz CT molecular complexity index is 423. The van der Waals surface area contributed by atoms with Gasteiger partial charge in [0, 0.05) is 24.2 Å². The number of hydrogen-bond donors (Lipinski definition) is 2. The van der Waals surface area contributed by atoms with E-state index in [0.717, 1.165) is 18.5 Å². The minimum absolute atomic E-state index is 0. The van der Waals surface area contributed by atoms with Crippen LogP contribution in [-0.4, -0.2) is 29.2 Å². The third-order valence-electron chi connectivity index (χ3n) is 3.66. The third-order valence-corrected chi connectivity index (χ3v) is 3.66. The van der Waals surface area contributed by atoms with Crippen LogP contribution in [0.3, 0.4) is 0 Å². The van der Waals surface area contributed by atoms with E-state index in [1.165, 1.54) is 12.8 Å². The Morgan fingerprint density at radius 1 is 1.44 bits per heavy atom. The normalized spacial score (nSPS) is 29.7. The van der Waals surface area contributed by atoms with Gasteiger partial charge < -0.3 is 15.2 Å². The number of fused-ring (bicyclic) bond motifs is 2. The van der Waals surface area contributed by atoms with Crippen LogP contribution in [0.1, 0.15) is 41.9 Å². The molecule has 1 aromatic rings. The highest BCUT2D eigenvalue weighted by molar-refractivity contribution is 5.91. The van der Waals surface area contributed by atoms with Gasteiger partial charge in [-0.2, -0.15) is 0 Å². The fourth-order valence-corrected chi connectivity index (χ4v) is 2.90. The molecule has 2 aliphatic heterocycles. The van der Waals surface area contributed by atoms with E-state index in [0.29, 0.717) is 17.8 Å². The average molecular weight is 272 g/mol. The molecule has 100 valence electrons. The number of aromatic nitrogens is 1. The number of rotatable bonds is 2. The summed E-state index contributed by atoms with van der Waals surface area (Å²) < 4.78 is 4.96. The van der Waals surface area contributed by atoms with Crippen LogP contribution in [0.2, 0.25) is 0 Å². The van der Waals surface area contributed by atoms with Gasteiger partial charge in [-0.05, 0) is 32.6 Å². The summed E-state index contributed by atoms with van der Waals surface area (Å²) in [6.07, 6.45) is 4.52. The number of nitrogens with zero attached hydrogens (tertiary/aromatic N) is 1. The van der Waals surface area contributed by atoms with Crippen LogP contribution in [0, 0.1) is 6.92 Å². The molecule has 2 saturated heterocycles. The molecule has 2 aliphatic rings. The Kier molecular flexibility index (Phi) is 3.92. The lowest BCUT2D eigenvalue weighted by molar-refractivity contribution is 0.0886. The van der Waals surface area contributed by atoms with Crippen molar-refractivity contribution in [2.75, 3.05) is 0 Å². The Hall–Kier alpha value is -1.07. The molecule has 6 heteroatoms. The fourth-order valence-electron chi connectivity index (χ4n) is 2.90. The monoisotopic (exact) mass is 271 g/mol. The van der Waals surface area contributed by atoms with Crippen molar-refractivity contribution in [3.05, 3.63) is 17.5 Å². The molecule has 0 saturated carbocycles. The highest BCUT2D eigenvalue weighted by Crippen LogP contribution is 2.26. The van der Waals surface area contributed by atoms with Crippen LogP contribution in [0.15, 0.2) is 10.6 Å². The highest BCUT2D eigenvalue weighted by Gasteiger charge is 2.34. The van der Waals surface area contributed by atoms with Gasteiger partial charge >= 0.3 is 0 Å². The average Bonchev–Trinajstić information content (AvgIpc) is 2.85. The second-order valence-electron chi connectivity index (χ2n) is 5.11. The second-order valence-corrected chi connectivity index (χ2v) is 5.11. The number of carbonyl (C=O) groups excluding carboxylic acids is 1. The number of nitrogens with one attached hydrogen (secondary N) is 2. The van der Waals surface area contributed by atoms with Crippen LogP contribution in [0.4, 0.5) is 0 Å². The maximum absolute atomic E-state index is 11.9. The predicted molar refractivity (Wildman–Crippen MR) is 68.9 cm³/mol. The Morgan fingerprint density at radius 3 is 2.67 bits per heavy atom. The summed E-state index contributed by atoms with van der Waals surface area (Å²) in [7, 11) is 0. The van der Waals surface area contributed by atoms with Crippen molar-refractivity contribution in [3.63, 3.8) is 0 Å². The Morgan fingerprint density at radius 2 is 2.11 bits per heavy atom. The largest absolute Gasteiger partial charge is 0.351 e. The number of halogens is 1. The zero-order valence-electron chi connectivity index (χ0n) is 10.3. The summed E-state index contributed by atoms with van der Waals surface area (Å²) in [6.45, 7) is 1.81. The second kappa shape index (κ2) is 5.28. The van der Waals surface area contributed by atoms with Gasteiger partial charge in [-0.3, -0.25) is 4.79 Å². The highest BCUT2D eigenvalue weighted by atomic mass is 35.5. The molecule has 2 atom stereocenters. The molecule has 2 unspecified atom stereocenters. The lowest BCUT2D eigenvalue weighted by Crippen LogP contribution is -2.47. The zero-order valence-corrected chi connectivity index (χ0v) is 11.1. The SMILES string of the molecule is Cc1cc(C(=O)NC2CC3CCC(C2)N3)on1.Cl. The molecule has 18 heavy (non-hydrogen) atoms. The fraction of sp³-hybridized carbons (Fsp3) is 0.667. The smallest absolute Gasteiger partial charge is 0.290 e. The maximum atomic E-state index is 11.9. The standard InChI is InChI=1S/C12H17N3O2.ClH/c1-7-4-11(17-15-7)12(16)14-10-5-8-2-3-9(6-10)13-8;/h4,8-10,13H,2-3,5-6H2,1H3,(H,14,16);1H. The topological polar surface area (TPSA) is 67.2 Å². The molecule has 1 aromatic heterocycles. The van der Waals surface area contributed by atoms with Crippen LogP contribution >= 0.6 is 12.4 Å². The van der Waals surface area contributed by atoms with Crippen molar-refractivity contribution < 1.29 is 9.32 Å². The van der Waals surface area contributed by atoms with Crippen molar-refractivity contribution >= 4 is 18.3 Å². The van der Waals surface area contributed by atoms with Gasteiger partial charge in [-0.25, -0.2) is 0 Å². The molecule has 0 aliphatic carbocycles. The van der Waals surface area contributed by atoms with E-state index in [-0.39, 0.29) is 24.4 Å². The molecule has 2 fully saturated rings. The Balaban J connectivity index is 0.00000120. The summed E-state index contributed by atoms with van der Waals surface area (Å²) in [5.74, 6) is 0.172. The summed E-state index contributed by atoms with van der Waals surface area (Å²) in [5, 5.41) is 10.3. The van der Waals surface area contributed by atoms with Crippen molar-refractivity contribution in [1.82, 2.24) is 15.8 Å². The summed E-state index contributed by atoms with van der Waals surface area (Å²) >= 11 is 0. The van der Waals surface area contributed by atoms with Gasteiger partial charge in [0.05, 0.1) is 5.69 Å². The molecular weight excluding hydrogens is 254 g/mol. The van der Waals surface area contributed by atoms with Gasteiger partial charge in [0.2, 0.25) is 5.76 Å². The van der Waals surface area contributed by atoms with Crippen LogP contribution in [0.5, 0.6) is 0 Å². The number of amides is 1. The Labute approximate surface area is 112 Å². The molecule has 1 amide bonds. The molecule has 5 nitrogen and oxygen atoms in total. The van der Waals surface area contributed by atoms with Gasteiger partial charge in [0.1, 0.15) is 0 Å². The molecule has 0 aromatic carbocycles. The first-order valence-corrected chi connectivity index (χ1v) is 6.21. The molecular formula is C12H18ClN3O2. The summed E-state index contributed by atoms with van der Waals surface area (Å²) in [4.78, 5) is 11.9. The number of carbonyl (C=O) groups is 1. The minimum Gasteiger partial charge on any atom is -0.351 e. The molecule has 0 spiro atoms. The van der Waals surface area contributed by atoms with E-state index < -0.39 is 0 Å². The van der Waals surface area contributed by atoms with E-state index in [1.807, 2.05) is 6.92 Å². The maximum Gasteiger partial charge on any atom is 0.290 e. The number of hydrogen-bond acceptors (Lipinski definition) is 4.